The lowest BCUT2D eigenvalue weighted by Gasteiger charge is -1.97. The van der Waals surface area contributed by atoms with Crippen molar-refractivity contribution >= 4 is 9.76 Å². The SMILES string of the molecule is C=CC[Si]OCCOC. The van der Waals surface area contributed by atoms with Gasteiger partial charge in [-0.1, -0.05) is 6.08 Å². The highest BCUT2D eigenvalue weighted by Gasteiger charge is 1.85. The van der Waals surface area contributed by atoms with Gasteiger partial charge in [0, 0.05) is 7.11 Å². The Morgan fingerprint density at radius 3 is 2.89 bits per heavy atom. The molecule has 0 bridgehead atoms. The number of methoxy groups -OCH3 is 1. The third-order valence-corrected chi connectivity index (χ3v) is 1.58. The third kappa shape index (κ3) is 7.88. The summed E-state index contributed by atoms with van der Waals surface area (Å²) in [5, 5.41) is 0. The lowest BCUT2D eigenvalue weighted by atomic mass is 10.8. The summed E-state index contributed by atoms with van der Waals surface area (Å²) in [6.45, 7) is 4.96. The maximum atomic E-state index is 5.15. The molecule has 0 atom stereocenters. The zero-order valence-corrected chi connectivity index (χ0v) is 6.72. The first-order chi connectivity index (χ1) is 4.41. The Hall–Kier alpha value is -0.123. The van der Waals surface area contributed by atoms with Gasteiger partial charge in [0.2, 0.25) is 9.76 Å². The van der Waals surface area contributed by atoms with E-state index in [0.29, 0.717) is 23.0 Å². The molecule has 52 valence electrons. The Kier molecular flexibility index (Phi) is 7.77. The van der Waals surface area contributed by atoms with Crippen molar-refractivity contribution in [1.29, 1.82) is 0 Å². The van der Waals surface area contributed by atoms with Crippen LogP contribution in [0.2, 0.25) is 6.04 Å². The average Bonchev–Trinajstić information content (AvgIpc) is 1.89. The topological polar surface area (TPSA) is 18.5 Å². The van der Waals surface area contributed by atoms with Crippen LogP contribution in [0.3, 0.4) is 0 Å². The van der Waals surface area contributed by atoms with Crippen LogP contribution in [0.4, 0.5) is 0 Å². The Labute approximate surface area is 58.8 Å². The highest BCUT2D eigenvalue weighted by atomic mass is 28.2. The molecule has 0 spiro atoms. The van der Waals surface area contributed by atoms with Crippen LogP contribution in [-0.2, 0) is 9.16 Å². The molecule has 0 N–H and O–H groups in total. The molecule has 0 aliphatic heterocycles. The number of hydrogen-bond donors (Lipinski definition) is 0. The van der Waals surface area contributed by atoms with Crippen LogP contribution in [0.1, 0.15) is 0 Å². The minimum atomic E-state index is 0.544. The van der Waals surface area contributed by atoms with E-state index in [1.54, 1.807) is 7.11 Å². The minimum Gasteiger partial charge on any atom is -0.415 e. The van der Waals surface area contributed by atoms with Crippen molar-refractivity contribution < 1.29 is 9.16 Å². The molecule has 0 amide bonds. The van der Waals surface area contributed by atoms with E-state index in [0.717, 1.165) is 6.04 Å². The molecule has 0 unspecified atom stereocenters. The monoisotopic (exact) mass is 144 g/mol. The molecule has 0 saturated carbocycles. The lowest BCUT2D eigenvalue weighted by Crippen LogP contribution is -2.04. The van der Waals surface area contributed by atoms with Crippen molar-refractivity contribution in [3.05, 3.63) is 12.7 Å². The van der Waals surface area contributed by atoms with E-state index in [9.17, 15) is 0 Å². The molecule has 0 saturated heterocycles. The van der Waals surface area contributed by atoms with Crippen LogP contribution in [0, 0.1) is 0 Å². The van der Waals surface area contributed by atoms with Crippen LogP contribution in [0.5, 0.6) is 0 Å². The predicted molar refractivity (Wildman–Crippen MR) is 38.6 cm³/mol. The van der Waals surface area contributed by atoms with Gasteiger partial charge in [-0.05, 0) is 6.04 Å². The zero-order valence-electron chi connectivity index (χ0n) is 5.72. The molecule has 2 nitrogen and oxygen atoms in total. The average molecular weight is 144 g/mol. The standard InChI is InChI=1S/C6H12O2Si/c1-3-6-9-8-5-4-7-2/h3H,1,4-6H2,2H3. The fraction of sp³-hybridized carbons (Fsp3) is 0.667. The van der Waals surface area contributed by atoms with Crippen LogP contribution < -0.4 is 0 Å². The van der Waals surface area contributed by atoms with E-state index >= 15 is 0 Å². The molecule has 2 radical (unpaired) electrons. The second kappa shape index (κ2) is 7.88. The summed E-state index contributed by atoms with van der Waals surface area (Å²) in [7, 11) is 2.21. The maximum Gasteiger partial charge on any atom is 0.233 e. The molecule has 0 aliphatic rings. The Morgan fingerprint density at radius 1 is 1.56 bits per heavy atom. The van der Waals surface area contributed by atoms with Crippen molar-refractivity contribution in [2.24, 2.45) is 0 Å². The van der Waals surface area contributed by atoms with Gasteiger partial charge in [-0.15, -0.1) is 6.58 Å². The van der Waals surface area contributed by atoms with Crippen LogP contribution in [0.25, 0.3) is 0 Å². The van der Waals surface area contributed by atoms with E-state index in [1.165, 1.54) is 0 Å². The van der Waals surface area contributed by atoms with E-state index in [1.807, 2.05) is 6.08 Å². The number of allylic oxidation sites excluding steroid dienone is 1. The van der Waals surface area contributed by atoms with Gasteiger partial charge < -0.3 is 9.16 Å². The summed E-state index contributed by atoms with van der Waals surface area (Å²) in [5.74, 6) is 0. The van der Waals surface area contributed by atoms with Crippen molar-refractivity contribution in [2.75, 3.05) is 20.3 Å². The fourth-order valence-corrected chi connectivity index (χ4v) is 0.778. The van der Waals surface area contributed by atoms with Crippen molar-refractivity contribution in [1.82, 2.24) is 0 Å². The molecule has 0 fully saturated rings. The molecule has 0 aromatic carbocycles. The van der Waals surface area contributed by atoms with Gasteiger partial charge in [0.25, 0.3) is 0 Å². The Bertz CT molecular complexity index is 66.1. The minimum absolute atomic E-state index is 0.544. The highest BCUT2D eigenvalue weighted by molar-refractivity contribution is 6.27. The summed E-state index contributed by atoms with van der Waals surface area (Å²) in [5.41, 5.74) is 0. The summed E-state index contributed by atoms with van der Waals surface area (Å²) in [6.07, 6.45) is 1.85. The second-order valence-corrected chi connectivity index (χ2v) is 2.46. The second-order valence-electron chi connectivity index (χ2n) is 1.48. The summed E-state index contributed by atoms with van der Waals surface area (Å²) in [6, 6.07) is 0.948. The van der Waals surface area contributed by atoms with E-state index in [2.05, 4.69) is 6.58 Å². The fourth-order valence-electron chi connectivity index (χ4n) is 0.315. The molecular formula is C6H12O2Si. The quantitative estimate of drug-likeness (QED) is 0.313. The molecule has 3 heteroatoms. The normalized spacial score (nSPS) is 9.44. The van der Waals surface area contributed by atoms with Gasteiger partial charge in [-0.3, -0.25) is 0 Å². The maximum absolute atomic E-state index is 5.15. The molecular weight excluding hydrogens is 132 g/mol. The smallest absolute Gasteiger partial charge is 0.233 e. The van der Waals surface area contributed by atoms with Crippen molar-refractivity contribution in [2.45, 2.75) is 6.04 Å². The Morgan fingerprint density at radius 2 is 2.33 bits per heavy atom. The lowest BCUT2D eigenvalue weighted by molar-refractivity contribution is 0.149. The van der Waals surface area contributed by atoms with Crippen LogP contribution in [0.15, 0.2) is 12.7 Å². The van der Waals surface area contributed by atoms with E-state index in [-0.39, 0.29) is 0 Å². The van der Waals surface area contributed by atoms with Gasteiger partial charge in [-0.2, -0.15) is 0 Å². The predicted octanol–water partition coefficient (Wildman–Crippen LogP) is 0.873. The summed E-state index contributed by atoms with van der Waals surface area (Å²) < 4.78 is 9.92. The van der Waals surface area contributed by atoms with Crippen molar-refractivity contribution in [3.63, 3.8) is 0 Å². The molecule has 9 heavy (non-hydrogen) atoms. The van der Waals surface area contributed by atoms with Crippen LogP contribution >= 0.6 is 0 Å². The highest BCUT2D eigenvalue weighted by Crippen LogP contribution is 1.80. The largest absolute Gasteiger partial charge is 0.415 e. The van der Waals surface area contributed by atoms with Crippen molar-refractivity contribution in [3.8, 4) is 0 Å². The summed E-state index contributed by atoms with van der Waals surface area (Å²) in [4.78, 5) is 0. The first-order valence-electron chi connectivity index (χ1n) is 2.86. The molecule has 0 aromatic heterocycles. The van der Waals surface area contributed by atoms with Gasteiger partial charge in [0.1, 0.15) is 0 Å². The van der Waals surface area contributed by atoms with Gasteiger partial charge in [-0.25, -0.2) is 0 Å². The number of hydrogen-bond acceptors (Lipinski definition) is 2. The molecule has 0 heterocycles. The van der Waals surface area contributed by atoms with Gasteiger partial charge >= 0.3 is 0 Å². The van der Waals surface area contributed by atoms with Gasteiger partial charge in [0.15, 0.2) is 0 Å². The zero-order chi connectivity index (χ0) is 6.95. The first kappa shape index (κ1) is 8.88. The molecule has 0 aromatic rings. The summed E-state index contributed by atoms with van der Waals surface area (Å²) >= 11 is 0. The molecule has 0 aliphatic carbocycles. The van der Waals surface area contributed by atoms with E-state index in [4.69, 9.17) is 9.16 Å². The van der Waals surface area contributed by atoms with Gasteiger partial charge in [0.05, 0.1) is 13.2 Å². The first-order valence-corrected chi connectivity index (χ1v) is 3.98. The molecule has 0 rings (SSSR count). The van der Waals surface area contributed by atoms with Crippen LogP contribution in [-0.4, -0.2) is 30.1 Å². The number of rotatable bonds is 6. The third-order valence-electron chi connectivity index (χ3n) is 0.719. The van der Waals surface area contributed by atoms with E-state index < -0.39 is 0 Å². The number of ether oxygens (including phenoxy) is 1. The Balaban J connectivity index is 2.66.